The minimum atomic E-state index is 0. The van der Waals surface area contributed by atoms with Crippen LogP contribution in [0.5, 0.6) is 0 Å². The van der Waals surface area contributed by atoms with E-state index < -0.39 is 0 Å². The zero-order chi connectivity index (χ0) is 34.2. The van der Waals surface area contributed by atoms with Crippen LogP contribution in [0.3, 0.4) is 0 Å². The monoisotopic (exact) mass is 738 g/mol. The maximum Gasteiger partial charge on any atom is 2.00 e. The topological polar surface area (TPSA) is 0 Å². The van der Waals surface area contributed by atoms with E-state index >= 15 is 0 Å². The molecule has 0 atom stereocenters. The molecule has 266 valence electrons. The molecular formula is C47H56Cl2Ti-4. The third-order valence-electron chi connectivity index (χ3n) is 8.82. The van der Waals surface area contributed by atoms with Gasteiger partial charge in [-0.25, -0.2) is 0 Å². The van der Waals surface area contributed by atoms with Gasteiger partial charge in [0.25, 0.3) is 0 Å². The van der Waals surface area contributed by atoms with Crippen molar-refractivity contribution in [2.75, 3.05) is 0 Å². The van der Waals surface area contributed by atoms with Crippen LogP contribution >= 0.6 is 0 Å². The van der Waals surface area contributed by atoms with Gasteiger partial charge in [0.2, 0.25) is 0 Å². The van der Waals surface area contributed by atoms with Gasteiger partial charge in [0.1, 0.15) is 0 Å². The van der Waals surface area contributed by atoms with Gasteiger partial charge in [0.05, 0.1) is 0 Å². The average molecular weight is 740 g/mol. The Morgan fingerprint density at radius 3 is 1.12 bits per heavy atom. The molecule has 6 aromatic carbocycles. The van der Waals surface area contributed by atoms with Crippen molar-refractivity contribution in [3.63, 3.8) is 0 Å². The molecule has 0 heterocycles. The summed E-state index contributed by atoms with van der Waals surface area (Å²) < 4.78 is 0. The van der Waals surface area contributed by atoms with E-state index in [9.17, 15) is 0 Å². The van der Waals surface area contributed by atoms with E-state index in [4.69, 9.17) is 0 Å². The normalized spacial score (nSPS) is 10.9. The molecule has 0 saturated carbocycles. The minimum absolute atomic E-state index is 0. The third-order valence-corrected chi connectivity index (χ3v) is 8.82. The van der Waals surface area contributed by atoms with E-state index in [1.165, 1.54) is 78.9 Å². The Bertz CT molecular complexity index is 1700. The van der Waals surface area contributed by atoms with Crippen LogP contribution in [0.1, 0.15) is 96.9 Å². The molecule has 0 aliphatic heterocycles. The van der Waals surface area contributed by atoms with E-state index in [2.05, 4.69) is 178 Å². The number of benzene rings is 4. The van der Waals surface area contributed by atoms with Crippen molar-refractivity contribution in [1.29, 1.82) is 0 Å². The first-order valence-electron chi connectivity index (χ1n) is 17.6. The van der Waals surface area contributed by atoms with Gasteiger partial charge in [-0.05, 0) is 45.9 Å². The van der Waals surface area contributed by atoms with Gasteiger partial charge >= 0.3 is 21.7 Å². The first-order valence-corrected chi connectivity index (χ1v) is 17.6. The zero-order valence-electron chi connectivity index (χ0n) is 31.6. The number of rotatable bonds is 6. The molecule has 0 aromatic heterocycles. The average Bonchev–Trinajstić information content (AvgIpc) is 3.65. The molecule has 0 spiro atoms. The van der Waals surface area contributed by atoms with E-state index in [1.54, 1.807) is 0 Å². The molecule has 0 saturated heterocycles. The SMILES string of the molecule is CCCc1cc2c(-c3ccc(C(C)(C)C)cc3)cccc2[cH-]1.CCCc1cc2c(-c3ccc(C(C)(C)C)cc3)cccc2[cH-]1.[CH2-]C[CH2-].[Cl-].[Cl-].[Ti+2]. The summed E-state index contributed by atoms with van der Waals surface area (Å²) in [4.78, 5) is 0. The Kier molecular flexibility index (Phi) is 18.6. The van der Waals surface area contributed by atoms with E-state index in [0.29, 0.717) is 0 Å². The van der Waals surface area contributed by atoms with Crippen molar-refractivity contribution in [3.05, 3.63) is 145 Å². The van der Waals surface area contributed by atoms with Crippen molar-refractivity contribution in [1.82, 2.24) is 0 Å². The molecule has 6 rings (SSSR count). The van der Waals surface area contributed by atoms with Crippen LogP contribution in [0.15, 0.2) is 109 Å². The summed E-state index contributed by atoms with van der Waals surface area (Å²) in [5, 5.41) is 5.49. The molecule has 0 bridgehead atoms. The summed E-state index contributed by atoms with van der Waals surface area (Å²) >= 11 is 0. The molecule has 6 aromatic rings. The van der Waals surface area contributed by atoms with Gasteiger partial charge in [-0.15, -0.1) is 69.1 Å². The van der Waals surface area contributed by atoms with E-state index in [1.807, 2.05) is 0 Å². The summed E-state index contributed by atoms with van der Waals surface area (Å²) in [6.45, 7) is 24.8. The first kappa shape index (κ1) is 45.4. The van der Waals surface area contributed by atoms with Gasteiger partial charge in [0, 0.05) is 0 Å². The maximum absolute atomic E-state index is 3.38. The molecule has 0 aliphatic carbocycles. The fraction of sp³-hybridized carbons (Fsp3) is 0.319. The Morgan fingerprint density at radius 2 is 0.840 bits per heavy atom. The standard InChI is InChI=1S/2C22H25.C3H6.2ClH.Ti/c2*1-5-7-16-14-18-8-6-9-20(21(18)15-16)17-10-12-19(13-11-17)22(2,3)4;1-3-2;;;/h2*6,8-15H,5,7H2,1-4H3;1-3H2;2*1H;/q2*-1;-2;;;+2/p-2. The van der Waals surface area contributed by atoms with Crippen molar-refractivity contribution in [2.45, 2.75) is 98.3 Å². The predicted octanol–water partition coefficient (Wildman–Crippen LogP) is 8.00. The quantitative estimate of drug-likeness (QED) is 0.120. The summed E-state index contributed by atoms with van der Waals surface area (Å²) in [5.74, 6) is 0. The molecular weight excluding hydrogens is 683 g/mol. The second kappa shape index (κ2) is 20.4. The summed E-state index contributed by atoms with van der Waals surface area (Å²) in [5.41, 5.74) is 11.4. The Labute approximate surface area is 331 Å². The number of hydrogen-bond donors (Lipinski definition) is 0. The second-order valence-corrected chi connectivity index (χ2v) is 14.9. The summed E-state index contributed by atoms with van der Waals surface area (Å²) in [6.07, 6.45) is 5.48. The number of fused-ring (bicyclic) bond motifs is 2. The Morgan fingerprint density at radius 1 is 0.520 bits per heavy atom. The predicted molar refractivity (Wildman–Crippen MR) is 211 cm³/mol. The van der Waals surface area contributed by atoms with Crippen LogP contribution in [-0.2, 0) is 45.4 Å². The number of hydrogen-bond acceptors (Lipinski definition) is 0. The molecule has 0 amide bonds. The number of aryl methyl sites for hydroxylation is 2. The summed E-state index contributed by atoms with van der Waals surface area (Å²) in [6, 6.07) is 40.8. The van der Waals surface area contributed by atoms with Gasteiger partial charge in [0.15, 0.2) is 0 Å². The Hall–Kier alpha value is -2.61. The molecule has 0 radical (unpaired) electrons. The molecule has 0 aliphatic rings. The second-order valence-electron chi connectivity index (χ2n) is 14.9. The Balaban J connectivity index is 0.000000439. The van der Waals surface area contributed by atoms with E-state index in [0.717, 1.165) is 19.3 Å². The molecule has 50 heavy (non-hydrogen) atoms. The molecule has 0 unspecified atom stereocenters. The van der Waals surface area contributed by atoms with Crippen molar-refractivity contribution in [2.24, 2.45) is 0 Å². The fourth-order valence-corrected chi connectivity index (χ4v) is 6.26. The van der Waals surface area contributed by atoms with Crippen LogP contribution in [0.2, 0.25) is 0 Å². The third kappa shape index (κ3) is 11.7. The smallest absolute Gasteiger partial charge is 1.00 e. The van der Waals surface area contributed by atoms with Crippen molar-refractivity contribution in [3.8, 4) is 22.3 Å². The van der Waals surface area contributed by atoms with Gasteiger partial charge in [-0.1, -0.05) is 140 Å². The van der Waals surface area contributed by atoms with Crippen LogP contribution in [-0.4, -0.2) is 0 Å². The van der Waals surface area contributed by atoms with Crippen LogP contribution in [0, 0.1) is 13.8 Å². The minimum Gasteiger partial charge on any atom is -1.00 e. The van der Waals surface area contributed by atoms with E-state index in [-0.39, 0.29) is 57.4 Å². The molecule has 0 nitrogen and oxygen atoms in total. The van der Waals surface area contributed by atoms with Gasteiger partial charge in [-0.2, -0.15) is 12.1 Å². The molecule has 0 fully saturated rings. The van der Waals surface area contributed by atoms with Gasteiger partial charge in [-0.3, -0.25) is 0 Å². The van der Waals surface area contributed by atoms with Crippen molar-refractivity contribution < 1.29 is 46.5 Å². The molecule has 3 heteroatoms. The van der Waals surface area contributed by atoms with Crippen LogP contribution in [0.25, 0.3) is 43.8 Å². The fourth-order valence-electron chi connectivity index (χ4n) is 6.26. The molecule has 0 N–H and O–H groups in total. The first-order chi connectivity index (χ1) is 22.4. The zero-order valence-corrected chi connectivity index (χ0v) is 34.7. The maximum atomic E-state index is 3.38. The summed E-state index contributed by atoms with van der Waals surface area (Å²) in [7, 11) is 0. The largest absolute Gasteiger partial charge is 2.00 e. The number of halogens is 2. The van der Waals surface area contributed by atoms with Crippen LogP contribution < -0.4 is 24.8 Å². The van der Waals surface area contributed by atoms with Gasteiger partial charge < -0.3 is 45.1 Å². The van der Waals surface area contributed by atoms with Crippen LogP contribution in [0.4, 0.5) is 0 Å². The van der Waals surface area contributed by atoms with Crippen molar-refractivity contribution >= 4 is 21.5 Å².